The Bertz CT molecular complexity index is 831. The van der Waals surface area contributed by atoms with E-state index in [4.69, 9.17) is 16.2 Å². The molecule has 4 N–H and O–H groups in total. The SMILES string of the molecule is NC(=O)c1cccc(Oc2ccc3cc(N)ccc3n2)c1. The van der Waals surface area contributed by atoms with E-state index in [2.05, 4.69) is 4.98 Å². The van der Waals surface area contributed by atoms with Gasteiger partial charge in [-0.3, -0.25) is 4.79 Å². The van der Waals surface area contributed by atoms with Crippen LogP contribution in [0.1, 0.15) is 10.4 Å². The van der Waals surface area contributed by atoms with Crippen molar-refractivity contribution in [2.45, 2.75) is 0 Å². The summed E-state index contributed by atoms with van der Waals surface area (Å²) >= 11 is 0. The molecule has 1 aromatic heterocycles. The molecule has 0 radical (unpaired) electrons. The van der Waals surface area contributed by atoms with Gasteiger partial charge >= 0.3 is 0 Å². The van der Waals surface area contributed by atoms with E-state index in [1.165, 1.54) is 0 Å². The zero-order valence-electron chi connectivity index (χ0n) is 11.1. The number of hydrogen-bond acceptors (Lipinski definition) is 4. The Morgan fingerprint density at radius 2 is 1.90 bits per heavy atom. The van der Waals surface area contributed by atoms with E-state index in [1.807, 2.05) is 18.2 Å². The fraction of sp³-hybridized carbons (Fsp3) is 0. The Balaban J connectivity index is 1.92. The number of aromatic nitrogens is 1. The monoisotopic (exact) mass is 279 g/mol. The number of ether oxygens (including phenoxy) is 1. The molecular formula is C16H13N3O2. The maximum absolute atomic E-state index is 11.2. The van der Waals surface area contributed by atoms with Gasteiger partial charge in [0.25, 0.3) is 0 Å². The van der Waals surface area contributed by atoms with Crippen LogP contribution in [0.4, 0.5) is 5.69 Å². The average molecular weight is 279 g/mol. The Morgan fingerprint density at radius 1 is 1.05 bits per heavy atom. The fourth-order valence-electron chi connectivity index (χ4n) is 2.02. The molecule has 3 aromatic rings. The van der Waals surface area contributed by atoms with Crippen LogP contribution in [0.15, 0.2) is 54.6 Å². The van der Waals surface area contributed by atoms with Crippen molar-refractivity contribution in [2.24, 2.45) is 5.73 Å². The van der Waals surface area contributed by atoms with Crippen LogP contribution >= 0.6 is 0 Å². The molecule has 0 saturated carbocycles. The molecule has 0 aliphatic heterocycles. The van der Waals surface area contributed by atoms with Crippen molar-refractivity contribution in [3.05, 3.63) is 60.2 Å². The number of nitrogen functional groups attached to an aromatic ring is 1. The predicted octanol–water partition coefficient (Wildman–Crippen LogP) is 2.71. The molecule has 2 aromatic carbocycles. The Hall–Kier alpha value is -3.08. The number of benzene rings is 2. The van der Waals surface area contributed by atoms with Crippen LogP contribution in [0.5, 0.6) is 11.6 Å². The number of carbonyl (C=O) groups is 1. The van der Waals surface area contributed by atoms with E-state index < -0.39 is 5.91 Å². The Kier molecular flexibility index (Phi) is 3.16. The predicted molar refractivity (Wildman–Crippen MR) is 81.2 cm³/mol. The normalized spacial score (nSPS) is 10.5. The van der Waals surface area contributed by atoms with Crippen LogP contribution in [-0.4, -0.2) is 10.9 Å². The molecule has 0 fully saturated rings. The first-order chi connectivity index (χ1) is 10.1. The molecule has 104 valence electrons. The van der Waals surface area contributed by atoms with Crippen molar-refractivity contribution in [2.75, 3.05) is 5.73 Å². The third kappa shape index (κ3) is 2.76. The number of fused-ring (bicyclic) bond motifs is 1. The van der Waals surface area contributed by atoms with E-state index in [1.54, 1.807) is 36.4 Å². The lowest BCUT2D eigenvalue weighted by molar-refractivity contribution is 0.1000. The highest BCUT2D eigenvalue weighted by Gasteiger charge is 2.05. The first kappa shape index (κ1) is 12.9. The van der Waals surface area contributed by atoms with Crippen molar-refractivity contribution in [1.82, 2.24) is 4.98 Å². The molecule has 1 heterocycles. The highest BCUT2D eigenvalue weighted by molar-refractivity contribution is 5.93. The van der Waals surface area contributed by atoms with E-state index in [-0.39, 0.29) is 0 Å². The fourth-order valence-corrected chi connectivity index (χ4v) is 2.02. The number of amides is 1. The third-order valence-corrected chi connectivity index (χ3v) is 3.03. The van der Waals surface area contributed by atoms with E-state index in [0.29, 0.717) is 22.9 Å². The van der Waals surface area contributed by atoms with Gasteiger partial charge in [0.05, 0.1) is 5.52 Å². The maximum Gasteiger partial charge on any atom is 0.248 e. The van der Waals surface area contributed by atoms with Crippen molar-refractivity contribution < 1.29 is 9.53 Å². The minimum Gasteiger partial charge on any atom is -0.439 e. The summed E-state index contributed by atoms with van der Waals surface area (Å²) in [5, 5.41) is 0.938. The van der Waals surface area contributed by atoms with Crippen LogP contribution in [0.3, 0.4) is 0 Å². The molecule has 0 aliphatic carbocycles. The standard InChI is InChI=1S/C16H13N3O2/c17-12-5-6-14-10(8-12)4-7-15(19-14)21-13-3-1-2-11(9-13)16(18)20/h1-9H,17H2,(H2,18,20). The molecule has 0 atom stereocenters. The number of nitrogens with zero attached hydrogens (tertiary/aromatic N) is 1. The van der Waals surface area contributed by atoms with Crippen LogP contribution in [-0.2, 0) is 0 Å². The zero-order chi connectivity index (χ0) is 14.8. The summed E-state index contributed by atoms with van der Waals surface area (Å²) in [6, 6.07) is 15.7. The molecular weight excluding hydrogens is 266 g/mol. The zero-order valence-corrected chi connectivity index (χ0v) is 11.1. The molecule has 0 bridgehead atoms. The van der Waals surface area contributed by atoms with E-state index in [0.717, 1.165) is 10.9 Å². The number of rotatable bonds is 3. The third-order valence-electron chi connectivity index (χ3n) is 3.03. The molecule has 5 nitrogen and oxygen atoms in total. The highest BCUT2D eigenvalue weighted by atomic mass is 16.5. The van der Waals surface area contributed by atoms with Gasteiger partial charge in [-0.15, -0.1) is 0 Å². The number of carbonyl (C=O) groups excluding carboxylic acids is 1. The van der Waals surface area contributed by atoms with Gasteiger partial charge in [0.15, 0.2) is 0 Å². The minimum atomic E-state index is -0.498. The Morgan fingerprint density at radius 3 is 2.71 bits per heavy atom. The summed E-state index contributed by atoms with van der Waals surface area (Å²) in [4.78, 5) is 15.5. The molecule has 0 unspecified atom stereocenters. The minimum absolute atomic E-state index is 0.390. The van der Waals surface area contributed by atoms with Crippen molar-refractivity contribution in [1.29, 1.82) is 0 Å². The van der Waals surface area contributed by atoms with Crippen molar-refractivity contribution >= 4 is 22.5 Å². The Labute approximate surface area is 121 Å². The highest BCUT2D eigenvalue weighted by Crippen LogP contribution is 2.24. The first-order valence-corrected chi connectivity index (χ1v) is 6.36. The summed E-state index contributed by atoms with van der Waals surface area (Å²) in [6.45, 7) is 0. The first-order valence-electron chi connectivity index (χ1n) is 6.36. The second-order valence-corrected chi connectivity index (χ2v) is 4.60. The molecule has 0 spiro atoms. The summed E-state index contributed by atoms with van der Waals surface area (Å²) in [5.41, 5.74) is 12.8. The van der Waals surface area contributed by atoms with Gasteiger partial charge in [0, 0.05) is 22.7 Å². The topological polar surface area (TPSA) is 91.2 Å². The average Bonchev–Trinajstić information content (AvgIpc) is 2.48. The second kappa shape index (κ2) is 5.13. The number of hydrogen-bond donors (Lipinski definition) is 2. The van der Waals surface area contributed by atoms with Crippen LogP contribution in [0.2, 0.25) is 0 Å². The van der Waals surface area contributed by atoms with Crippen molar-refractivity contribution in [3.63, 3.8) is 0 Å². The summed E-state index contributed by atoms with van der Waals surface area (Å²) < 4.78 is 5.66. The van der Waals surface area contributed by atoms with Gasteiger partial charge in [-0.2, -0.15) is 0 Å². The molecule has 21 heavy (non-hydrogen) atoms. The van der Waals surface area contributed by atoms with Crippen LogP contribution in [0, 0.1) is 0 Å². The van der Waals surface area contributed by atoms with Gasteiger partial charge < -0.3 is 16.2 Å². The summed E-state index contributed by atoms with van der Waals surface area (Å²) in [6.07, 6.45) is 0. The lowest BCUT2D eigenvalue weighted by Gasteiger charge is -2.07. The number of pyridine rings is 1. The molecule has 0 saturated heterocycles. The smallest absolute Gasteiger partial charge is 0.248 e. The van der Waals surface area contributed by atoms with Gasteiger partial charge in [0.1, 0.15) is 5.75 Å². The van der Waals surface area contributed by atoms with Crippen molar-refractivity contribution in [3.8, 4) is 11.6 Å². The molecule has 1 amide bonds. The molecule has 3 rings (SSSR count). The lowest BCUT2D eigenvalue weighted by atomic mass is 10.2. The van der Waals surface area contributed by atoms with Gasteiger partial charge in [-0.1, -0.05) is 6.07 Å². The largest absolute Gasteiger partial charge is 0.439 e. The lowest BCUT2D eigenvalue weighted by Crippen LogP contribution is -2.10. The quantitative estimate of drug-likeness (QED) is 0.721. The van der Waals surface area contributed by atoms with Crippen LogP contribution in [0.25, 0.3) is 10.9 Å². The molecule has 0 aliphatic rings. The van der Waals surface area contributed by atoms with Gasteiger partial charge in [0.2, 0.25) is 11.8 Å². The molecule has 5 heteroatoms. The number of primary amides is 1. The second-order valence-electron chi connectivity index (χ2n) is 4.60. The van der Waals surface area contributed by atoms with E-state index >= 15 is 0 Å². The van der Waals surface area contributed by atoms with Gasteiger partial charge in [-0.05, 0) is 42.5 Å². The summed E-state index contributed by atoms with van der Waals surface area (Å²) in [5.74, 6) is 0.449. The van der Waals surface area contributed by atoms with E-state index in [9.17, 15) is 4.79 Å². The van der Waals surface area contributed by atoms with Gasteiger partial charge in [-0.25, -0.2) is 4.98 Å². The summed E-state index contributed by atoms with van der Waals surface area (Å²) in [7, 11) is 0. The van der Waals surface area contributed by atoms with Crippen LogP contribution < -0.4 is 16.2 Å². The number of anilines is 1. The number of nitrogens with two attached hydrogens (primary N) is 2. The maximum atomic E-state index is 11.2.